The van der Waals surface area contributed by atoms with Gasteiger partial charge in [0, 0.05) is 11.8 Å². The number of aromatic nitrogens is 4. The summed E-state index contributed by atoms with van der Waals surface area (Å²) in [6, 6.07) is 11.6. The van der Waals surface area contributed by atoms with Crippen LogP contribution >= 0.6 is 7.75 Å². The Hall–Kier alpha value is -3.81. The number of aliphatic hydroxyl groups is 1. The Morgan fingerprint density at radius 2 is 2.02 bits per heavy atom. The third-order valence-electron chi connectivity index (χ3n) is 6.40. The van der Waals surface area contributed by atoms with Crippen LogP contribution in [0, 0.1) is 0 Å². The normalized spacial score (nSPS) is 21.2. The van der Waals surface area contributed by atoms with Crippen LogP contribution in [0.5, 0.6) is 5.75 Å². The molecule has 1 aliphatic heterocycles. The number of anilines is 1. The molecule has 1 saturated heterocycles. The van der Waals surface area contributed by atoms with Crippen LogP contribution in [0.3, 0.4) is 0 Å². The molecule has 14 nitrogen and oxygen atoms in total. The summed E-state index contributed by atoms with van der Waals surface area (Å²) in [5.74, 6) is -0.463. The number of aromatic amines is 1. The average Bonchev–Trinajstić information content (AvgIpc) is 3.50. The van der Waals surface area contributed by atoms with E-state index in [1.165, 1.54) is 17.8 Å². The standard InChI is InChI=1S/C26H31N6O8P/c1-14(2)38-25(35)15(3)31-41(36,40-19-10-6-8-16-7-4-5-9-17(16)19)37-12-20-18(33)11-21(39-20)32-13-28-22-23(32)29-26(27)30-24(22)34/h4-10,13-15,18,20-21,33H,11-12H2,1-3H3,(H,31,36)(H3,27,29,30,34)/t15-,18?,20+,21+,41?/m0/s1. The fraction of sp³-hybridized carbons (Fsp3) is 0.385. The smallest absolute Gasteiger partial charge is 0.459 e. The minimum absolute atomic E-state index is 0.0662. The van der Waals surface area contributed by atoms with Crippen molar-refractivity contribution in [3.63, 3.8) is 0 Å². The summed E-state index contributed by atoms with van der Waals surface area (Å²) in [5.41, 5.74) is 5.43. The van der Waals surface area contributed by atoms with Crippen molar-refractivity contribution in [3.05, 3.63) is 59.1 Å². The predicted molar refractivity (Wildman–Crippen MR) is 149 cm³/mol. The van der Waals surface area contributed by atoms with Crippen LogP contribution in [0.4, 0.5) is 5.95 Å². The molecule has 0 radical (unpaired) electrons. The molecule has 0 saturated carbocycles. The first-order valence-electron chi connectivity index (χ1n) is 13.0. The van der Waals surface area contributed by atoms with Crippen LogP contribution in [-0.2, 0) is 23.4 Å². The lowest BCUT2D eigenvalue weighted by atomic mass is 10.1. The van der Waals surface area contributed by atoms with E-state index in [0.717, 1.165) is 5.39 Å². The molecule has 0 amide bonds. The summed E-state index contributed by atoms with van der Waals surface area (Å²) < 4.78 is 38.5. The lowest BCUT2D eigenvalue weighted by Crippen LogP contribution is -2.37. The van der Waals surface area contributed by atoms with E-state index in [2.05, 4.69) is 20.0 Å². The minimum Gasteiger partial charge on any atom is -0.462 e. The molecule has 2 aromatic carbocycles. The van der Waals surface area contributed by atoms with Crippen molar-refractivity contribution in [1.82, 2.24) is 24.6 Å². The summed E-state index contributed by atoms with van der Waals surface area (Å²) in [4.78, 5) is 35.2. The molecule has 5 N–H and O–H groups in total. The zero-order valence-corrected chi connectivity index (χ0v) is 23.5. The number of hydrogen-bond acceptors (Lipinski definition) is 11. The molecular weight excluding hydrogens is 555 g/mol. The van der Waals surface area contributed by atoms with Gasteiger partial charge < -0.3 is 24.8 Å². The van der Waals surface area contributed by atoms with Gasteiger partial charge in [-0.3, -0.25) is 23.7 Å². The van der Waals surface area contributed by atoms with Crippen LogP contribution in [-0.4, -0.2) is 61.6 Å². The van der Waals surface area contributed by atoms with E-state index in [1.54, 1.807) is 32.0 Å². The van der Waals surface area contributed by atoms with Crippen LogP contribution in [0.15, 0.2) is 53.6 Å². The number of carbonyl (C=O) groups excluding carboxylic acids is 1. The van der Waals surface area contributed by atoms with Gasteiger partial charge in [-0.15, -0.1) is 0 Å². The number of aliphatic hydroxyl groups excluding tert-OH is 1. The molecule has 0 spiro atoms. The van der Waals surface area contributed by atoms with Crippen molar-refractivity contribution >= 4 is 41.6 Å². The number of nitrogens with two attached hydrogens (primary N) is 1. The highest BCUT2D eigenvalue weighted by Crippen LogP contribution is 2.47. The first-order chi connectivity index (χ1) is 19.5. The van der Waals surface area contributed by atoms with Crippen molar-refractivity contribution in [3.8, 4) is 5.75 Å². The van der Waals surface area contributed by atoms with Crippen molar-refractivity contribution in [1.29, 1.82) is 0 Å². The molecular formula is C26H31N6O8P. The fourth-order valence-electron chi connectivity index (χ4n) is 4.48. The molecule has 15 heteroatoms. The number of fused-ring (bicyclic) bond motifs is 2. The quantitative estimate of drug-likeness (QED) is 0.157. The van der Waals surface area contributed by atoms with Crippen LogP contribution < -0.4 is 20.9 Å². The summed E-state index contributed by atoms with van der Waals surface area (Å²) in [7, 11) is -4.25. The molecule has 218 valence electrons. The number of carbonyl (C=O) groups is 1. The van der Waals surface area contributed by atoms with Crippen LogP contribution in [0.1, 0.15) is 33.4 Å². The molecule has 1 aliphatic rings. The van der Waals surface area contributed by atoms with Gasteiger partial charge in [-0.1, -0.05) is 36.4 Å². The van der Waals surface area contributed by atoms with E-state index in [4.69, 9.17) is 24.3 Å². The zero-order chi connectivity index (χ0) is 29.3. The number of ether oxygens (including phenoxy) is 2. The van der Waals surface area contributed by atoms with Crippen molar-refractivity contribution in [2.45, 2.75) is 57.8 Å². The maximum Gasteiger partial charge on any atom is 0.459 e. The molecule has 2 unspecified atom stereocenters. The van der Waals surface area contributed by atoms with Gasteiger partial charge in [0.05, 0.1) is 25.1 Å². The van der Waals surface area contributed by atoms with E-state index < -0.39 is 43.8 Å². The van der Waals surface area contributed by atoms with E-state index in [0.29, 0.717) is 5.39 Å². The number of rotatable bonds is 10. The Kier molecular flexibility index (Phi) is 8.11. The van der Waals surface area contributed by atoms with E-state index in [1.807, 2.05) is 24.3 Å². The third kappa shape index (κ3) is 6.26. The number of H-pyrrole nitrogens is 1. The summed E-state index contributed by atoms with van der Waals surface area (Å²) in [6.07, 6.45) is -1.65. The van der Waals surface area contributed by atoms with Gasteiger partial charge >= 0.3 is 13.7 Å². The van der Waals surface area contributed by atoms with Gasteiger partial charge in [-0.05, 0) is 32.2 Å². The lowest BCUT2D eigenvalue weighted by Gasteiger charge is -2.25. The molecule has 2 aromatic heterocycles. The lowest BCUT2D eigenvalue weighted by molar-refractivity contribution is -0.149. The summed E-state index contributed by atoms with van der Waals surface area (Å²) >= 11 is 0. The first-order valence-corrected chi connectivity index (χ1v) is 14.5. The maximum absolute atomic E-state index is 14.1. The van der Waals surface area contributed by atoms with Crippen molar-refractivity contribution in [2.75, 3.05) is 12.3 Å². The highest BCUT2D eigenvalue weighted by Gasteiger charge is 2.40. The second-order valence-electron chi connectivity index (χ2n) is 9.91. The molecule has 3 heterocycles. The van der Waals surface area contributed by atoms with Crippen LogP contribution in [0.25, 0.3) is 21.9 Å². The summed E-state index contributed by atoms with van der Waals surface area (Å²) in [6.45, 7) is 4.52. The Balaban J connectivity index is 1.36. The topological polar surface area (TPSA) is 193 Å². The Morgan fingerprint density at radius 3 is 2.80 bits per heavy atom. The number of imidazole rings is 1. The average molecular weight is 587 g/mol. The number of nitrogens with one attached hydrogen (secondary N) is 2. The van der Waals surface area contributed by atoms with Gasteiger partial charge in [0.1, 0.15) is 24.1 Å². The van der Waals surface area contributed by atoms with E-state index >= 15 is 0 Å². The maximum atomic E-state index is 14.1. The first kappa shape index (κ1) is 28.7. The van der Waals surface area contributed by atoms with Gasteiger partial charge in [-0.25, -0.2) is 9.55 Å². The second-order valence-corrected chi connectivity index (χ2v) is 11.6. The molecule has 5 rings (SSSR count). The minimum atomic E-state index is -4.25. The number of benzene rings is 2. The molecule has 1 fully saturated rings. The number of esters is 1. The molecule has 0 bridgehead atoms. The van der Waals surface area contributed by atoms with Crippen molar-refractivity contribution < 1.29 is 33.0 Å². The van der Waals surface area contributed by atoms with Gasteiger partial charge in [0.15, 0.2) is 11.2 Å². The third-order valence-corrected chi connectivity index (χ3v) is 8.03. The number of nitrogen functional groups attached to an aromatic ring is 1. The Morgan fingerprint density at radius 1 is 1.27 bits per heavy atom. The largest absolute Gasteiger partial charge is 0.462 e. The van der Waals surface area contributed by atoms with Gasteiger partial charge in [0.2, 0.25) is 5.95 Å². The molecule has 0 aliphatic carbocycles. The zero-order valence-electron chi connectivity index (χ0n) is 22.6. The fourth-order valence-corrected chi connectivity index (χ4v) is 6.00. The molecule has 41 heavy (non-hydrogen) atoms. The second kappa shape index (κ2) is 11.6. The SMILES string of the molecule is CC(C)OC(=O)[C@H](C)NP(=O)(OC[C@H]1O[C@@H](n2cnc3c(=O)[nH]c(N)nc32)CC1O)Oc1cccc2ccccc12. The highest BCUT2D eigenvalue weighted by atomic mass is 31.2. The number of hydrogen-bond donors (Lipinski definition) is 4. The molecule has 4 aromatic rings. The highest BCUT2D eigenvalue weighted by molar-refractivity contribution is 7.52. The van der Waals surface area contributed by atoms with Crippen molar-refractivity contribution in [2.24, 2.45) is 0 Å². The monoisotopic (exact) mass is 586 g/mol. The van der Waals surface area contributed by atoms with Gasteiger partial charge in [-0.2, -0.15) is 10.1 Å². The van der Waals surface area contributed by atoms with E-state index in [-0.39, 0.29) is 42.0 Å². The Labute approximate surface area is 234 Å². The molecule has 5 atom stereocenters. The Bertz CT molecular complexity index is 1670. The van der Waals surface area contributed by atoms with Gasteiger partial charge in [0.25, 0.3) is 5.56 Å². The van der Waals surface area contributed by atoms with E-state index in [9.17, 15) is 19.3 Å². The predicted octanol–water partition coefficient (Wildman–Crippen LogP) is 2.64. The summed E-state index contributed by atoms with van der Waals surface area (Å²) in [5, 5.41) is 14.9. The number of nitrogens with zero attached hydrogens (tertiary/aromatic N) is 3. The van der Waals surface area contributed by atoms with Crippen LogP contribution in [0.2, 0.25) is 0 Å².